The van der Waals surface area contributed by atoms with Crippen molar-refractivity contribution in [1.82, 2.24) is 5.32 Å². The van der Waals surface area contributed by atoms with Crippen LogP contribution >= 0.6 is 23.4 Å². The van der Waals surface area contributed by atoms with Crippen molar-refractivity contribution >= 4 is 45.0 Å². The monoisotopic (exact) mass is 492 g/mol. The van der Waals surface area contributed by atoms with Crippen LogP contribution in [0, 0.1) is 5.82 Å². The summed E-state index contributed by atoms with van der Waals surface area (Å²) in [5.74, 6) is -0.148. The number of nitrogens with zero attached hydrogens (tertiary/aromatic N) is 1. The summed E-state index contributed by atoms with van der Waals surface area (Å²) >= 11 is 7.52. The summed E-state index contributed by atoms with van der Waals surface area (Å²) in [7, 11) is -4.00. The van der Waals surface area contributed by atoms with Gasteiger partial charge in [0.1, 0.15) is 12.4 Å². The van der Waals surface area contributed by atoms with E-state index in [1.165, 1.54) is 24.3 Å². The van der Waals surface area contributed by atoms with Crippen molar-refractivity contribution in [2.75, 3.05) is 23.1 Å². The van der Waals surface area contributed by atoms with Gasteiger partial charge in [0.2, 0.25) is 5.91 Å². The molecule has 0 fully saturated rings. The Bertz CT molecular complexity index is 1130. The minimum Gasteiger partial charge on any atom is -0.354 e. The Labute approximate surface area is 196 Å². The van der Waals surface area contributed by atoms with Gasteiger partial charge in [-0.1, -0.05) is 29.8 Å². The van der Waals surface area contributed by atoms with Crippen molar-refractivity contribution in [3.8, 4) is 0 Å². The zero-order valence-electron chi connectivity index (χ0n) is 17.1. The topological polar surface area (TPSA) is 66.5 Å². The lowest BCUT2D eigenvalue weighted by Gasteiger charge is -2.24. The van der Waals surface area contributed by atoms with Gasteiger partial charge in [0, 0.05) is 16.5 Å². The average Bonchev–Trinajstić information content (AvgIpc) is 2.80. The predicted molar refractivity (Wildman–Crippen MR) is 127 cm³/mol. The molecule has 0 radical (unpaired) electrons. The number of amides is 1. The van der Waals surface area contributed by atoms with E-state index in [2.05, 4.69) is 5.32 Å². The molecule has 0 saturated heterocycles. The molecule has 0 aliphatic rings. The third-order valence-corrected chi connectivity index (χ3v) is 7.60. The van der Waals surface area contributed by atoms with Gasteiger partial charge < -0.3 is 5.32 Å². The van der Waals surface area contributed by atoms with Crippen LogP contribution in [0.15, 0.2) is 88.7 Å². The molecule has 0 aliphatic heterocycles. The summed E-state index contributed by atoms with van der Waals surface area (Å²) in [4.78, 5) is 13.7. The molecule has 0 unspecified atom stereocenters. The first-order valence-electron chi connectivity index (χ1n) is 9.85. The Kier molecular flexibility index (Phi) is 8.55. The van der Waals surface area contributed by atoms with Gasteiger partial charge in [-0.2, -0.15) is 0 Å². The molecule has 9 heteroatoms. The molecule has 32 heavy (non-hydrogen) atoms. The molecule has 3 aromatic carbocycles. The molecular weight excluding hydrogens is 471 g/mol. The van der Waals surface area contributed by atoms with Gasteiger partial charge in [0.05, 0.1) is 10.6 Å². The predicted octanol–water partition coefficient (Wildman–Crippen LogP) is 4.97. The van der Waals surface area contributed by atoms with Crippen LogP contribution < -0.4 is 9.62 Å². The Morgan fingerprint density at radius 2 is 1.62 bits per heavy atom. The van der Waals surface area contributed by atoms with Crippen molar-refractivity contribution in [3.63, 3.8) is 0 Å². The Morgan fingerprint density at radius 3 is 2.28 bits per heavy atom. The lowest BCUT2D eigenvalue weighted by Crippen LogP contribution is -2.41. The fraction of sp³-hybridized carbons (Fsp3) is 0.174. The summed E-state index contributed by atoms with van der Waals surface area (Å²) in [6.45, 7) is -0.00471. The molecule has 0 aromatic heterocycles. The number of hydrogen-bond acceptors (Lipinski definition) is 4. The van der Waals surface area contributed by atoms with Gasteiger partial charge in [0.25, 0.3) is 10.0 Å². The van der Waals surface area contributed by atoms with Crippen LogP contribution in [0.4, 0.5) is 10.1 Å². The highest BCUT2D eigenvalue weighted by molar-refractivity contribution is 7.99. The maximum absolute atomic E-state index is 13.4. The molecule has 0 aliphatic carbocycles. The van der Waals surface area contributed by atoms with Crippen LogP contribution in [0.25, 0.3) is 0 Å². The highest BCUT2D eigenvalue weighted by Gasteiger charge is 2.27. The van der Waals surface area contributed by atoms with E-state index in [0.717, 1.165) is 27.1 Å². The number of nitrogens with one attached hydrogen (secondary N) is 1. The lowest BCUT2D eigenvalue weighted by atomic mass is 10.3. The van der Waals surface area contributed by atoms with E-state index in [4.69, 9.17) is 11.6 Å². The highest BCUT2D eigenvalue weighted by atomic mass is 35.5. The lowest BCUT2D eigenvalue weighted by molar-refractivity contribution is -0.119. The zero-order valence-corrected chi connectivity index (χ0v) is 19.5. The van der Waals surface area contributed by atoms with E-state index in [1.54, 1.807) is 30.0 Å². The first kappa shape index (κ1) is 24.1. The fourth-order valence-electron chi connectivity index (χ4n) is 2.85. The van der Waals surface area contributed by atoms with Gasteiger partial charge in [-0.15, -0.1) is 11.8 Å². The largest absolute Gasteiger partial charge is 0.354 e. The van der Waals surface area contributed by atoms with Gasteiger partial charge in [-0.05, 0) is 72.8 Å². The molecule has 1 N–H and O–H groups in total. The number of thioether (sulfide) groups is 1. The molecule has 0 bridgehead atoms. The molecule has 3 aromatic rings. The first-order valence-corrected chi connectivity index (χ1v) is 12.6. The van der Waals surface area contributed by atoms with E-state index in [-0.39, 0.29) is 10.6 Å². The first-order chi connectivity index (χ1) is 15.4. The van der Waals surface area contributed by atoms with Crippen LogP contribution in [0.1, 0.15) is 6.42 Å². The number of sulfonamides is 1. The van der Waals surface area contributed by atoms with Crippen molar-refractivity contribution < 1.29 is 17.6 Å². The smallest absolute Gasteiger partial charge is 0.264 e. The Morgan fingerprint density at radius 1 is 0.969 bits per heavy atom. The maximum atomic E-state index is 13.4. The number of carbonyl (C=O) groups excluding carboxylic acids is 1. The summed E-state index contributed by atoms with van der Waals surface area (Å²) in [6.07, 6.45) is 0.709. The van der Waals surface area contributed by atoms with E-state index in [0.29, 0.717) is 18.0 Å². The zero-order chi connectivity index (χ0) is 23.0. The fourth-order valence-corrected chi connectivity index (χ4v) is 5.27. The molecule has 0 saturated carbocycles. The Balaban J connectivity index is 1.61. The molecule has 0 spiro atoms. The van der Waals surface area contributed by atoms with Gasteiger partial charge >= 0.3 is 0 Å². The number of rotatable bonds is 10. The third-order valence-electron chi connectivity index (χ3n) is 4.46. The Hall–Kier alpha value is -2.55. The van der Waals surface area contributed by atoms with Crippen LogP contribution in [-0.4, -0.2) is 33.2 Å². The normalized spacial score (nSPS) is 11.2. The minimum absolute atomic E-state index is 0.0523. The molecule has 1 amide bonds. The van der Waals surface area contributed by atoms with E-state index >= 15 is 0 Å². The van der Waals surface area contributed by atoms with Crippen LogP contribution in [0.5, 0.6) is 0 Å². The molecule has 168 valence electrons. The van der Waals surface area contributed by atoms with Gasteiger partial charge in [-0.25, -0.2) is 12.8 Å². The van der Waals surface area contributed by atoms with Crippen LogP contribution in [-0.2, 0) is 14.8 Å². The van der Waals surface area contributed by atoms with Crippen molar-refractivity contribution in [3.05, 3.63) is 89.7 Å². The van der Waals surface area contributed by atoms with Crippen molar-refractivity contribution in [1.29, 1.82) is 0 Å². The molecule has 0 heterocycles. The summed E-state index contributed by atoms with van der Waals surface area (Å²) in [6, 6.07) is 20.3. The number of carbonyl (C=O) groups is 1. The van der Waals surface area contributed by atoms with E-state index in [1.807, 2.05) is 24.3 Å². The second kappa shape index (κ2) is 11.4. The third kappa shape index (κ3) is 6.72. The summed E-state index contributed by atoms with van der Waals surface area (Å²) < 4.78 is 40.6. The van der Waals surface area contributed by atoms with E-state index in [9.17, 15) is 17.6 Å². The number of hydrogen-bond donors (Lipinski definition) is 1. The minimum atomic E-state index is -4.00. The molecule has 3 rings (SSSR count). The van der Waals surface area contributed by atoms with Crippen molar-refractivity contribution in [2.24, 2.45) is 0 Å². The maximum Gasteiger partial charge on any atom is 0.264 e. The summed E-state index contributed by atoms with van der Waals surface area (Å²) in [5, 5.41) is 3.44. The van der Waals surface area contributed by atoms with Crippen molar-refractivity contribution in [2.45, 2.75) is 16.2 Å². The van der Waals surface area contributed by atoms with Gasteiger partial charge in [0.15, 0.2) is 0 Å². The molecular formula is C23H22ClFN2O3S2. The van der Waals surface area contributed by atoms with E-state index < -0.39 is 28.3 Å². The second-order valence-corrected chi connectivity index (χ2v) is 10.3. The number of halogens is 2. The van der Waals surface area contributed by atoms with Gasteiger partial charge in [-0.3, -0.25) is 9.10 Å². The molecule has 0 atom stereocenters. The van der Waals surface area contributed by atoms with Crippen LogP contribution in [0.3, 0.4) is 0 Å². The van der Waals surface area contributed by atoms with Crippen LogP contribution in [0.2, 0.25) is 5.02 Å². The summed E-state index contributed by atoms with van der Waals surface area (Å²) in [5.41, 5.74) is 0.212. The standard InChI is InChI=1S/C23H22ClFN2O3S2/c24-18-7-13-21(14-8-18)31-16-4-15-26-23(28)17-27(20-11-9-19(25)10-12-20)32(29,30)22-5-2-1-3-6-22/h1-3,5-14H,4,15-17H2,(H,26,28). The quantitative estimate of drug-likeness (QED) is 0.320. The SMILES string of the molecule is O=C(CN(c1ccc(F)cc1)S(=O)(=O)c1ccccc1)NCCCSc1ccc(Cl)cc1. The second-order valence-electron chi connectivity index (χ2n) is 6.81. The highest BCUT2D eigenvalue weighted by Crippen LogP contribution is 2.24. The number of benzene rings is 3. The molecule has 5 nitrogen and oxygen atoms in total. The average molecular weight is 493 g/mol. The number of anilines is 1.